The van der Waals surface area contributed by atoms with Crippen LogP contribution in [0, 0.1) is 0 Å². The molecule has 0 aliphatic carbocycles. The minimum atomic E-state index is -0.472. The Bertz CT molecular complexity index is 1120. The molecule has 0 bridgehead atoms. The van der Waals surface area contributed by atoms with E-state index in [1.165, 1.54) is 24.5 Å². The van der Waals surface area contributed by atoms with Crippen LogP contribution in [0.15, 0.2) is 43.2 Å². The zero-order chi connectivity index (χ0) is 21.3. The van der Waals surface area contributed by atoms with Crippen LogP contribution in [0.5, 0.6) is 5.75 Å². The second kappa shape index (κ2) is 7.82. The third-order valence-electron chi connectivity index (χ3n) is 5.09. The first-order valence-corrected chi connectivity index (χ1v) is 9.48. The van der Waals surface area contributed by atoms with E-state index in [-0.39, 0.29) is 29.2 Å². The highest BCUT2D eigenvalue weighted by molar-refractivity contribution is 6.13. The lowest BCUT2D eigenvalue weighted by Crippen LogP contribution is -2.40. The van der Waals surface area contributed by atoms with Gasteiger partial charge in [-0.05, 0) is 43.2 Å². The van der Waals surface area contributed by atoms with Crippen molar-refractivity contribution in [2.24, 2.45) is 0 Å². The van der Waals surface area contributed by atoms with Gasteiger partial charge >= 0.3 is 0 Å². The summed E-state index contributed by atoms with van der Waals surface area (Å²) in [7, 11) is 0. The molecule has 1 aromatic carbocycles. The first-order chi connectivity index (χ1) is 14.5. The highest BCUT2D eigenvalue weighted by Gasteiger charge is 2.29. The Hall–Kier alpha value is -3.95. The van der Waals surface area contributed by atoms with Gasteiger partial charge in [-0.25, -0.2) is 14.6 Å². The number of nitrogens with one attached hydrogen (secondary N) is 1. The van der Waals surface area contributed by atoms with Gasteiger partial charge in [0.1, 0.15) is 17.9 Å². The summed E-state index contributed by atoms with van der Waals surface area (Å²) in [6.45, 7) is 4.63. The number of carbonyl (C=O) groups is 2. The van der Waals surface area contributed by atoms with Crippen LogP contribution >= 0.6 is 0 Å². The fraction of sp³-hybridized carbons (Fsp3) is 0.250. The number of aromatic hydroxyl groups is 1. The predicted octanol–water partition coefficient (Wildman–Crippen LogP) is 1.72. The highest BCUT2D eigenvalue weighted by atomic mass is 16.3. The molecule has 1 atom stereocenters. The average Bonchev–Trinajstić information content (AvgIpc) is 3.16. The zero-order valence-corrected chi connectivity index (χ0v) is 16.2. The molecule has 1 aliphatic heterocycles. The van der Waals surface area contributed by atoms with Gasteiger partial charge in [0.15, 0.2) is 11.3 Å². The van der Waals surface area contributed by atoms with E-state index >= 15 is 0 Å². The summed E-state index contributed by atoms with van der Waals surface area (Å²) in [6.07, 6.45) is 4.19. The summed E-state index contributed by atoms with van der Waals surface area (Å²) < 4.78 is 1.65. The molecule has 4 rings (SSSR count). The van der Waals surface area contributed by atoms with Crippen molar-refractivity contribution in [2.75, 3.05) is 24.1 Å². The Kier molecular flexibility index (Phi) is 5.05. The Balaban J connectivity index is 1.71. The first-order valence-electron chi connectivity index (χ1n) is 9.48. The molecule has 0 saturated carbocycles. The first kappa shape index (κ1) is 19.4. The van der Waals surface area contributed by atoms with Crippen molar-refractivity contribution in [2.45, 2.75) is 18.9 Å². The van der Waals surface area contributed by atoms with Crippen LogP contribution in [0.3, 0.4) is 0 Å². The third-order valence-corrected chi connectivity index (χ3v) is 5.09. The van der Waals surface area contributed by atoms with Crippen LogP contribution in [0.25, 0.3) is 11.0 Å². The molecule has 2 amide bonds. The van der Waals surface area contributed by atoms with E-state index in [4.69, 9.17) is 5.73 Å². The normalized spacial score (nSPS) is 16.4. The topological polar surface area (TPSA) is 139 Å². The van der Waals surface area contributed by atoms with E-state index < -0.39 is 5.91 Å². The van der Waals surface area contributed by atoms with Crippen molar-refractivity contribution < 1.29 is 14.7 Å². The van der Waals surface area contributed by atoms with E-state index in [1.807, 2.05) is 0 Å². The number of benzene rings is 1. The number of amides is 2. The number of nitrogen functional groups attached to an aromatic ring is 1. The van der Waals surface area contributed by atoms with Gasteiger partial charge in [0.25, 0.3) is 5.91 Å². The zero-order valence-electron chi connectivity index (χ0n) is 16.2. The number of nitrogens with two attached hydrogens (primary N) is 1. The van der Waals surface area contributed by atoms with Crippen LogP contribution in [-0.4, -0.2) is 54.7 Å². The predicted molar refractivity (Wildman–Crippen MR) is 111 cm³/mol. The third kappa shape index (κ3) is 3.54. The molecule has 1 aliphatic rings. The molecular weight excluding hydrogens is 386 g/mol. The molecule has 30 heavy (non-hydrogen) atoms. The summed E-state index contributed by atoms with van der Waals surface area (Å²) in [6, 6.07) is 5.93. The Labute approximate surface area is 172 Å². The van der Waals surface area contributed by atoms with Crippen LogP contribution < -0.4 is 11.1 Å². The molecule has 0 radical (unpaired) electrons. The summed E-state index contributed by atoms with van der Waals surface area (Å²) in [4.78, 5) is 35.0. The molecule has 0 spiro atoms. The molecule has 3 aromatic rings. The van der Waals surface area contributed by atoms with Gasteiger partial charge in [0.2, 0.25) is 5.91 Å². The monoisotopic (exact) mass is 407 g/mol. The molecule has 1 saturated heterocycles. The number of hydrogen-bond donors (Lipinski definition) is 3. The molecule has 10 heteroatoms. The van der Waals surface area contributed by atoms with Gasteiger partial charge in [0.05, 0.1) is 11.4 Å². The summed E-state index contributed by atoms with van der Waals surface area (Å²) in [5, 5.41) is 17.0. The quantitative estimate of drug-likeness (QED) is 0.442. The molecule has 1 fully saturated rings. The number of rotatable bonds is 4. The van der Waals surface area contributed by atoms with Gasteiger partial charge in [-0.15, -0.1) is 0 Å². The van der Waals surface area contributed by atoms with E-state index in [9.17, 15) is 14.7 Å². The molecule has 154 valence electrons. The lowest BCUT2D eigenvalue weighted by Gasteiger charge is -2.32. The van der Waals surface area contributed by atoms with E-state index in [1.54, 1.807) is 21.7 Å². The lowest BCUT2D eigenvalue weighted by molar-refractivity contribution is -0.127. The summed E-state index contributed by atoms with van der Waals surface area (Å²) >= 11 is 0. The largest absolute Gasteiger partial charge is 0.508 e. The number of fused-ring (bicyclic) bond motifs is 1. The summed E-state index contributed by atoms with van der Waals surface area (Å²) in [5.41, 5.74) is 7.09. The SMILES string of the molecule is C=CC(=O)N1CCC[C@@H](n2nc(C(=O)Nc3ccc(O)cc3)c3c(N)ncnc32)C1. The number of anilines is 2. The van der Waals surface area contributed by atoms with E-state index in [0.29, 0.717) is 29.8 Å². The number of carbonyl (C=O) groups excluding carboxylic acids is 2. The number of nitrogens with zero attached hydrogens (tertiary/aromatic N) is 5. The van der Waals surface area contributed by atoms with E-state index in [2.05, 4.69) is 27.0 Å². The lowest BCUT2D eigenvalue weighted by atomic mass is 10.1. The molecule has 0 unspecified atom stereocenters. The number of phenolic OH excluding ortho intramolecular Hbond substituents is 1. The molecular formula is C20H21N7O3. The second-order valence-electron chi connectivity index (χ2n) is 7.04. The molecule has 4 N–H and O–H groups in total. The minimum absolute atomic E-state index is 0.0938. The van der Waals surface area contributed by atoms with Gasteiger partial charge < -0.3 is 21.1 Å². The highest BCUT2D eigenvalue weighted by Crippen LogP contribution is 2.29. The van der Waals surface area contributed by atoms with Crippen LogP contribution in [-0.2, 0) is 4.79 Å². The number of aromatic nitrogens is 4. The Morgan fingerprint density at radius 2 is 2.03 bits per heavy atom. The number of hydrogen-bond acceptors (Lipinski definition) is 7. The maximum Gasteiger partial charge on any atom is 0.277 e. The van der Waals surface area contributed by atoms with Gasteiger partial charge in [-0.3, -0.25) is 9.59 Å². The number of likely N-dealkylation sites (tertiary alicyclic amines) is 1. The average molecular weight is 407 g/mol. The fourth-order valence-corrected chi connectivity index (χ4v) is 3.63. The maximum absolute atomic E-state index is 12.9. The Morgan fingerprint density at radius 3 is 2.77 bits per heavy atom. The van der Waals surface area contributed by atoms with Crippen molar-refractivity contribution in [3.05, 3.63) is 48.9 Å². The molecule has 10 nitrogen and oxygen atoms in total. The minimum Gasteiger partial charge on any atom is -0.508 e. The van der Waals surface area contributed by atoms with Crippen LogP contribution in [0.2, 0.25) is 0 Å². The van der Waals surface area contributed by atoms with Gasteiger partial charge in [0, 0.05) is 18.8 Å². The number of phenols is 1. The van der Waals surface area contributed by atoms with E-state index in [0.717, 1.165) is 12.8 Å². The second-order valence-corrected chi connectivity index (χ2v) is 7.04. The number of piperidine rings is 1. The smallest absolute Gasteiger partial charge is 0.277 e. The summed E-state index contributed by atoms with van der Waals surface area (Å²) in [5.74, 6) is -0.371. The Morgan fingerprint density at radius 1 is 1.27 bits per heavy atom. The fourth-order valence-electron chi connectivity index (χ4n) is 3.63. The van der Waals surface area contributed by atoms with Crippen LogP contribution in [0.1, 0.15) is 29.4 Å². The standard InChI is InChI=1S/C20H21N7O3/c1-2-15(29)26-9-3-4-13(10-26)27-19-16(18(21)22-11-23-19)17(25-27)20(30)24-12-5-7-14(28)8-6-12/h2,5-8,11,13,28H,1,3-4,9-10H2,(H,24,30)(H2,21,22,23)/t13-/m1/s1. The molecule has 2 aromatic heterocycles. The van der Waals surface area contributed by atoms with Crippen molar-refractivity contribution in [3.8, 4) is 5.75 Å². The van der Waals surface area contributed by atoms with Crippen molar-refractivity contribution in [3.63, 3.8) is 0 Å². The van der Waals surface area contributed by atoms with Crippen molar-refractivity contribution >= 4 is 34.4 Å². The van der Waals surface area contributed by atoms with Crippen molar-refractivity contribution in [1.82, 2.24) is 24.6 Å². The maximum atomic E-state index is 12.9. The van der Waals surface area contributed by atoms with Crippen LogP contribution in [0.4, 0.5) is 11.5 Å². The van der Waals surface area contributed by atoms with Gasteiger partial charge in [-0.1, -0.05) is 6.58 Å². The molecule has 3 heterocycles. The van der Waals surface area contributed by atoms with Gasteiger partial charge in [-0.2, -0.15) is 5.10 Å². The van der Waals surface area contributed by atoms with Crippen molar-refractivity contribution in [1.29, 1.82) is 0 Å².